The first-order chi connectivity index (χ1) is 32.7. The molecule has 6 rings (SSSR count). The summed E-state index contributed by atoms with van der Waals surface area (Å²) in [5.41, 5.74) is 0.472. The van der Waals surface area contributed by atoms with Crippen LogP contribution in [-0.2, 0) is 44.4 Å². The number of anilines is 1. The first-order valence-electron chi connectivity index (χ1n) is 21.6. The molecule has 24 heteroatoms. The molecule has 0 saturated carbocycles. The summed E-state index contributed by atoms with van der Waals surface area (Å²) in [6.45, 7) is 2.66. The number of nitrogens with one attached hydrogen (secondary N) is 3. The Hall–Kier alpha value is -6.60. The molecule has 21 nitrogen and oxygen atoms in total. The second kappa shape index (κ2) is 22.2. The Labute approximate surface area is 399 Å². The molecule has 1 aliphatic rings. The average Bonchev–Trinajstić information content (AvgIpc) is 3.77. The van der Waals surface area contributed by atoms with Crippen molar-refractivity contribution in [3.8, 4) is 28.6 Å². The third-order valence-corrected chi connectivity index (χ3v) is 14.3. The molecule has 2 amide bonds. The molecule has 3 atom stereocenters. The summed E-state index contributed by atoms with van der Waals surface area (Å²) >= 11 is 0. The number of alkyl carbamates (subject to hydrolysis) is 1. The first kappa shape index (κ1) is 51.8. The molecule has 69 heavy (non-hydrogen) atoms. The first-order valence-corrected chi connectivity index (χ1v) is 24.5. The molecule has 1 aliphatic heterocycles. The Kier molecular flexibility index (Phi) is 16.7. The number of amides is 2. The van der Waals surface area contributed by atoms with E-state index in [4.69, 9.17) is 18.9 Å². The summed E-state index contributed by atoms with van der Waals surface area (Å²) in [4.78, 5) is 23.8. The van der Waals surface area contributed by atoms with E-state index in [2.05, 4.69) is 30.9 Å². The predicted molar refractivity (Wildman–Crippen MR) is 250 cm³/mol. The molecular weight excluding hydrogens is 942 g/mol. The molecule has 372 valence electrons. The van der Waals surface area contributed by atoms with Crippen LogP contribution in [0, 0.1) is 0 Å². The Morgan fingerprint density at radius 3 is 1.90 bits per heavy atom. The number of halogens is 1. The summed E-state index contributed by atoms with van der Waals surface area (Å²) in [5, 5.41) is 37.3. The van der Waals surface area contributed by atoms with Crippen LogP contribution >= 0.6 is 0 Å². The lowest BCUT2D eigenvalue weighted by Crippen LogP contribution is -2.52. The minimum Gasteiger partial charge on any atom is -0.497 e. The van der Waals surface area contributed by atoms with Gasteiger partial charge in [0.05, 0.1) is 52.1 Å². The van der Waals surface area contributed by atoms with Crippen molar-refractivity contribution in [2.75, 3.05) is 52.4 Å². The van der Waals surface area contributed by atoms with Crippen molar-refractivity contribution in [2.24, 2.45) is 0 Å². The number of carboxylic acid groups (broad SMARTS) is 1. The van der Waals surface area contributed by atoms with Crippen LogP contribution in [0.15, 0.2) is 94.7 Å². The number of carbonyl (C=O) groups excluding carboxylic acids is 1. The fourth-order valence-corrected chi connectivity index (χ4v) is 10.9. The lowest BCUT2D eigenvalue weighted by atomic mass is 10.0. The number of carbonyl (C=O) groups is 2. The van der Waals surface area contributed by atoms with Crippen molar-refractivity contribution in [3.63, 3.8) is 0 Å². The van der Waals surface area contributed by atoms with E-state index in [1.807, 2.05) is 0 Å². The highest BCUT2D eigenvalue weighted by Gasteiger charge is 2.40. The number of tetrazole rings is 1. The summed E-state index contributed by atoms with van der Waals surface area (Å²) in [6, 6.07) is 21.3. The topological polar surface area (TPSA) is 266 Å². The Bertz CT molecular complexity index is 2730. The summed E-state index contributed by atoms with van der Waals surface area (Å²) in [7, 11) is -5.59. The Balaban J connectivity index is 1.57. The van der Waals surface area contributed by atoms with Gasteiger partial charge in [0.25, 0.3) is 0 Å². The van der Waals surface area contributed by atoms with Crippen LogP contribution in [-0.4, -0.2) is 135 Å². The maximum atomic E-state index is 16.0. The third-order valence-electron chi connectivity index (χ3n) is 10.9. The number of benzene rings is 4. The second-order valence-corrected chi connectivity index (χ2v) is 20.6. The molecule has 4 aromatic carbocycles. The van der Waals surface area contributed by atoms with Gasteiger partial charge in [0, 0.05) is 38.4 Å². The fourth-order valence-electron chi connectivity index (χ4n) is 7.43. The van der Waals surface area contributed by atoms with E-state index in [0.29, 0.717) is 33.9 Å². The number of aliphatic hydroxyl groups is 1. The lowest BCUT2D eigenvalue weighted by Gasteiger charge is -2.37. The summed E-state index contributed by atoms with van der Waals surface area (Å²) in [6.07, 6.45) is -5.65. The lowest BCUT2D eigenvalue weighted by molar-refractivity contribution is 0.0494. The van der Waals surface area contributed by atoms with E-state index in [0.717, 1.165) is 10.4 Å². The predicted octanol–water partition coefficient (Wildman–Crippen LogP) is 4.15. The van der Waals surface area contributed by atoms with E-state index in [9.17, 15) is 28.2 Å². The Morgan fingerprint density at radius 2 is 1.39 bits per heavy atom. The van der Waals surface area contributed by atoms with Gasteiger partial charge in [0.2, 0.25) is 20.0 Å². The van der Waals surface area contributed by atoms with E-state index < -0.39 is 85.6 Å². The van der Waals surface area contributed by atoms with Crippen LogP contribution in [0.2, 0.25) is 0 Å². The van der Waals surface area contributed by atoms with Crippen molar-refractivity contribution in [1.29, 1.82) is 0 Å². The van der Waals surface area contributed by atoms with Gasteiger partial charge in [0.15, 0.2) is 5.82 Å². The van der Waals surface area contributed by atoms with Crippen LogP contribution in [0.25, 0.3) is 11.4 Å². The second-order valence-electron chi connectivity index (χ2n) is 17.0. The van der Waals surface area contributed by atoms with Crippen LogP contribution in [0.1, 0.15) is 43.9 Å². The normalized spacial score (nSPS) is 15.9. The molecule has 5 N–H and O–H groups in total. The highest BCUT2D eigenvalue weighted by molar-refractivity contribution is 7.92. The number of aromatic nitrogens is 4. The van der Waals surface area contributed by atoms with Gasteiger partial charge in [-0.05, 0) is 103 Å². The molecule has 2 heterocycles. The number of ether oxygens (including phenoxy) is 4. The molecule has 0 spiro atoms. The molecule has 0 bridgehead atoms. The monoisotopic (exact) mass is 997 g/mol. The molecule has 1 unspecified atom stereocenters. The highest BCUT2D eigenvalue weighted by Crippen LogP contribution is 2.43. The minimum absolute atomic E-state index is 0.0134. The number of rotatable bonds is 20. The number of sulfonamides is 2. The minimum atomic E-state index is -5.10. The van der Waals surface area contributed by atoms with E-state index in [1.54, 1.807) is 93.6 Å². The van der Waals surface area contributed by atoms with Crippen molar-refractivity contribution in [2.45, 2.75) is 80.5 Å². The highest BCUT2D eigenvalue weighted by atomic mass is 32.2. The van der Waals surface area contributed by atoms with Crippen LogP contribution in [0.5, 0.6) is 17.2 Å². The maximum absolute atomic E-state index is 16.0. The zero-order valence-electron chi connectivity index (χ0n) is 38.8. The zero-order valence-corrected chi connectivity index (χ0v) is 40.5. The van der Waals surface area contributed by atoms with Gasteiger partial charge < -0.3 is 44.7 Å². The number of methoxy groups -OCH3 is 3. The number of aliphatic hydroxyl groups excluding tert-OH is 1. The Morgan fingerprint density at radius 1 is 0.841 bits per heavy atom. The van der Waals surface area contributed by atoms with Gasteiger partial charge in [-0.2, -0.15) is 4.31 Å². The zero-order chi connectivity index (χ0) is 50.1. The van der Waals surface area contributed by atoms with Gasteiger partial charge in [0.1, 0.15) is 38.8 Å². The van der Waals surface area contributed by atoms with E-state index >= 15 is 12.8 Å². The quantitative estimate of drug-likeness (QED) is 0.0733. The van der Waals surface area contributed by atoms with Crippen LogP contribution in [0.3, 0.4) is 0 Å². The van der Waals surface area contributed by atoms with Crippen molar-refractivity contribution in [3.05, 3.63) is 102 Å². The van der Waals surface area contributed by atoms with Crippen molar-refractivity contribution < 1.29 is 60.0 Å². The SMILES string of the molecule is COc1ccc(CN(Cc2ccc(OC)cc2)S(=O)(=O)c2c(S(=O)(=O)NCC(O)CNC(=O)OC(C)(C)C)ccc(N3CC[C@H](NC(=O)O)[C@H](F)C3)c2-c2nnnn2Cc2ccc(OC)cc2)cc1. The van der Waals surface area contributed by atoms with Crippen molar-refractivity contribution >= 4 is 37.9 Å². The molecule has 1 fully saturated rings. The average molecular weight is 998 g/mol. The number of nitrogens with zero attached hydrogens (tertiary/aromatic N) is 6. The van der Waals surface area contributed by atoms with Gasteiger partial charge in [-0.1, -0.05) is 36.4 Å². The van der Waals surface area contributed by atoms with Gasteiger partial charge in [-0.15, -0.1) is 5.10 Å². The van der Waals surface area contributed by atoms with Crippen LogP contribution in [0.4, 0.5) is 19.7 Å². The number of hydrogen-bond acceptors (Lipinski definition) is 15. The van der Waals surface area contributed by atoms with Crippen molar-refractivity contribution in [1.82, 2.24) is 39.9 Å². The third kappa shape index (κ3) is 13.3. The molecule has 0 aliphatic carbocycles. The maximum Gasteiger partial charge on any atom is 0.407 e. The summed E-state index contributed by atoms with van der Waals surface area (Å²) in [5.74, 6) is 1.34. The largest absolute Gasteiger partial charge is 0.497 e. The van der Waals surface area contributed by atoms with E-state index in [-0.39, 0.29) is 49.7 Å². The van der Waals surface area contributed by atoms with Gasteiger partial charge in [-0.3, -0.25) is 0 Å². The molecule has 5 aromatic rings. The number of alkyl halides is 1. The summed E-state index contributed by atoms with van der Waals surface area (Å²) < 4.78 is 104. The van der Waals surface area contributed by atoms with E-state index in [1.165, 1.54) is 37.0 Å². The molecule has 0 radical (unpaired) electrons. The molecular formula is C45H56FN9O12S2. The number of hydrogen-bond donors (Lipinski definition) is 5. The molecule has 1 saturated heterocycles. The smallest absolute Gasteiger partial charge is 0.407 e. The van der Waals surface area contributed by atoms with Gasteiger partial charge in [-0.25, -0.2) is 40.2 Å². The number of piperidine rings is 1. The standard InChI is InChI=1S/C45H56FN9O12S2/c1-45(2,3)67-44(59)47-23-32(56)24-48-68(60,61)39-20-19-38(53-22-21-37(36(46)28-53)49-43(57)58)40(42-50-51-52-55(42)27-31-11-17-35(66-6)18-12-31)41(39)69(62,63)54(25-29-7-13-33(64-4)14-8-29)26-30-9-15-34(65-5)16-10-30/h7-20,32,36-37,48-49,56H,21-28H2,1-6H3,(H,47,59)(H,57,58)/t32?,36-,37+/m1/s1. The van der Waals surface area contributed by atoms with Gasteiger partial charge >= 0.3 is 12.2 Å². The molecule has 1 aromatic heterocycles. The van der Waals surface area contributed by atoms with Crippen LogP contribution < -0.4 is 34.5 Å². The fraction of sp³-hybridized carbons (Fsp3) is 0.400.